The van der Waals surface area contributed by atoms with Crippen molar-refractivity contribution in [3.05, 3.63) is 64.9 Å². The molecule has 0 bridgehead atoms. The fourth-order valence-corrected chi connectivity index (χ4v) is 4.69. The molecule has 0 spiro atoms. The molecule has 1 saturated heterocycles. The average molecular weight is 470 g/mol. The summed E-state index contributed by atoms with van der Waals surface area (Å²) < 4.78 is 46.2. The molecule has 1 atom stereocenters. The highest BCUT2D eigenvalue weighted by Gasteiger charge is 2.34. The van der Waals surface area contributed by atoms with Gasteiger partial charge >= 0.3 is 11.8 Å². The number of rotatable bonds is 6. The largest absolute Gasteiger partial charge is 0.360 e. The van der Waals surface area contributed by atoms with Gasteiger partial charge in [0.1, 0.15) is 12.0 Å². The van der Waals surface area contributed by atoms with Gasteiger partial charge in [0.15, 0.2) is 0 Å². The molecule has 166 valence electrons. The van der Waals surface area contributed by atoms with E-state index in [2.05, 4.69) is 10.6 Å². The van der Waals surface area contributed by atoms with Gasteiger partial charge in [0, 0.05) is 23.7 Å². The molecule has 2 aromatic carbocycles. The Hall–Kier alpha value is -2.53. The van der Waals surface area contributed by atoms with Crippen molar-refractivity contribution < 1.29 is 27.1 Å². The summed E-state index contributed by atoms with van der Waals surface area (Å²) in [6.45, 7) is 0.131. The minimum Gasteiger partial charge on any atom is -0.360 e. The van der Waals surface area contributed by atoms with E-state index in [1.54, 1.807) is 6.07 Å². The molecule has 2 amide bonds. The van der Waals surface area contributed by atoms with Crippen molar-refractivity contribution in [2.75, 3.05) is 19.7 Å². The Morgan fingerprint density at radius 1 is 1.10 bits per heavy atom. The van der Waals surface area contributed by atoms with Crippen LogP contribution in [0.15, 0.2) is 53.4 Å². The van der Waals surface area contributed by atoms with Crippen LogP contribution < -0.4 is 10.6 Å². The van der Waals surface area contributed by atoms with Crippen LogP contribution in [0.4, 0.5) is 4.39 Å². The van der Waals surface area contributed by atoms with Crippen molar-refractivity contribution in [2.24, 2.45) is 0 Å². The summed E-state index contributed by atoms with van der Waals surface area (Å²) in [5.41, 5.74) is 0.236. The van der Waals surface area contributed by atoms with Gasteiger partial charge in [-0.3, -0.25) is 9.59 Å². The molecule has 1 heterocycles. The molecular formula is C20H21ClFN3O5S. The van der Waals surface area contributed by atoms with E-state index in [0.29, 0.717) is 18.1 Å². The molecule has 0 radical (unpaired) electrons. The quantitative estimate of drug-likeness (QED) is 0.626. The van der Waals surface area contributed by atoms with Crippen molar-refractivity contribution in [1.82, 2.24) is 14.9 Å². The summed E-state index contributed by atoms with van der Waals surface area (Å²) in [6.07, 6.45) is -0.488. The van der Waals surface area contributed by atoms with Crippen molar-refractivity contribution in [3.8, 4) is 0 Å². The second kappa shape index (κ2) is 10.2. The number of hydrogen-bond donors (Lipinski definition) is 2. The first-order valence-corrected chi connectivity index (χ1v) is 11.3. The monoisotopic (exact) mass is 469 g/mol. The van der Waals surface area contributed by atoms with Crippen molar-refractivity contribution in [3.63, 3.8) is 0 Å². The highest BCUT2D eigenvalue weighted by Crippen LogP contribution is 2.23. The van der Waals surface area contributed by atoms with E-state index in [9.17, 15) is 22.4 Å². The fraction of sp³-hybridized carbons (Fsp3) is 0.300. The third-order valence-electron chi connectivity index (χ3n) is 4.62. The van der Waals surface area contributed by atoms with Crippen molar-refractivity contribution >= 4 is 33.4 Å². The van der Waals surface area contributed by atoms with E-state index < -0.39 is 33.9 Å². The maximum atomic E-state index is 13.6. The molecule has 2 N–H and O–H groups in total. The molecule has 1 unspecified atom stereocenters. The molecule has 1 aliphatic rings. The number of hydrogen-bond acceptors (Lipinski definition) is 5. The topological polar surface area (TPSA) is 105 Å². The fourth-order valence-electron chi connectivity index (χ4n) is 3.00. The van der Waals surface area contributed by atoms with Crippen LogP contribution in [-0.2, 0) is 30.9 Å². The number of halogens is 2. The second-order valence-corrected chi connectivity index (χ2v) is 9.06. The normalized spacial score (nSPS) is 17.2. The van der Waals surface area contributed by atoms with E-state index in [0.717, 1.165) is 4.31 Å². The highest BCUT2D eigenvalue weighted by atomic mass is 35.5. The van der Waals surface area contributed by atoms with E-state index in [1.165, 1.54) is 42.5 Å². The molecule has 0 aliphatic carbocycles. The molecule has 2 aromatic rings. The first-order chi connectivity index (χ1) is 14.8. The van der Waals surface area contributed by atoms with Crippen molar-refractivity contribution in [2.45, 2.75) is 24.1 Å². The molecular weight excluding hydrogens is 449 g/mol. The zero-order valence-corrected chi connectivity index (χ0v) is 18.0. The summed E-state index contributed by atoms with van der Waals surface area (Å²) in [5.74, 6) is -2.44. The average Bonchev–Trinajstić information content (AvgIpc) is 2.77. The summed E-state index contributed by atoms with van der Waals surface area (Å²) in [5, 5.41) is 5.09. The second-order valence-electron chi connectivity index (χ2n) is 6.73. The lowest BCUT2D eigenvalue weighted by atomic mass is 10.2. The van der Waals surface area contributed by atoms with E-state index >= 15 is 0 Å². The lowest BCUT2D eigenvalue weighted by Crippen LogP contribution is -2.53. The minimum absolute atomic E-state index is 0.0429. The predicted molar refractivity (Wildman–Crippen MR) is 111 cm³/mol. The SMILES string of the molecule is O=C(NCc1ccccc1F)C(=O)NCC1OCCCN1S(=O)(=O)c1ccc(Cl)cc1. The van der Waals surface area contributed by atoms with Gasteiger partial charge < -0.3 is 15.4 Å². The maximum absolute atomic E-state index is 13.6. The summed E-state index contributed by atoms with van der Waals surface area (Å²) in [4.78, 5) is 24.1. The summed E-state index contributed by atoms with van der Waals surface area (Å²) >= 11 is 5.82. The Kier molecular flexibility index (Phi) is 7.60. The Labute approximate surface area is 184 Å². The van der Waals surface area contributed by atoms with Gasteiger partial charge in [0.2, 0.25) is 10.0 Å². The molecule has 8 nitrogen and oxygen atoms in total. The lowest BCUT2D eigenvalue weighted by molar-refractivity contribution is -0.140. The van der Waals surface area contributed by atoms with Gasteiger partial charge in [-0.1, -0.05) is 29.8 Å². The molecule has 11 heteroatoms. The molecule has 1 aliphatic heterocycles. The summed E-state index contributed by atoms with van der Waals surface area (Å²) in [7, 11) is -3.89. The number of nitrogens with one attached hydrogen (secondary N) is 2. The molecule has 0 aromatic heterocycles. The van der Waals surface area contributed by atoms with Crippen LogP contribution in [-0.4, -0.2) is 50.5 Å². The van der Waals surface area contributed by atoms with Crippen LogP contribution in [0.25, 0.3) is 0 Å². The first-order valence-electron chi connectivity index (χ1n) is 9.47. The first kappa shape index (κ1) is 23.1. The summed E-state index contributed by atoms with van der Waals surface area (Å²) in [6, 6.07) is 11.6. The Bertz CT molecular complexity index is 1050. The zero-order valence-electron chi connectivity index (χ0n) is 16.4. The number of ether oxygens (including phenoxy) is 1. The number of carbonyl (C=O) groups is 2. The van der Waals surface area contributed by atoms with Gasteiger partial charge in [-0.2, -0.15) is 4.31 Å². The van der Waals surface area contributed by atoms with Gasteiger partial charge in [0.05, 0.1) is 18.0 Å². The van der Waals surface area contributed by atoms with Crippen LogP contribution in [0.1, 0.15) is 12.0 Å². The molecule has 31 heavy (non-hydrogen) atoms. The third kappa shape index (κ3) is 5.79. The third-order valence-corrected chi connectivity index (χ3v) is 6.77. The number of amides is 2. The molecule has 3 rings (SSSR count). The van der Waals surface area contributed by atoms with Gasteiger partial charge in [-0.25, -0.2) is 12.8 Å². The van der Waals surface area contributed by atoms with Crippen LogP contribution in [0.5, 0.6) is 0 Å². The van der Waals surface area contributed by atoms with E-state index in [-0.39, 0.29) is 30.1 Å². The van der Waals surface area contributed by atoms with E-state index in [1.807, 2.05) is 0 Å². The smallest absolute Gasteiger partial charge is 0.309 e. The standard InChI is InChI=1S/C20H21ClFN3O5S/c21-15-6-8-16(9-7-15)31(28,29)25-10-3-11-30-18(25)13-24-20(27)19(26)23-12-14-4-1-2-5-17(14)22/h1-2,4-9,18H,3,10-13H2,(H,23,26)(H,24,27). The number of benzene rings is 2. The highest BCUT2D eigenvalue weighted by molar-refractivity contribution is 7.89. The van der Waals surface area contributed by atoms with Crippen LogP contribution >= 0.6 is 11.6 Å². The Morgan fingerprint density at radius 3 is 2.48 bits per heavy atom. The van der Waals surface area contributed by atoms with E-state index in [4.69, 9.17) is 16.3 Å². The molecule has 0 saturated carbocycles. The number of nitrogens with zero attached hydrogens (tertiary/aromatic N) is 1. The van der Waals surface area contributed by atoms with Crippen LogP contribution in [0, 0.1) is 5.82 Å². The van der Waals surface area contributed by atoms with Gasteiger partial charge in [-0.15, -0.1) is 0 Å². The minimum atomic E-state index is -3.89. The predicted octanol–water partition coefficient (Wildman–Crippen LogP) is 1.65. The maximum Gasteiger partial charge on any atom is 0.309 e. The van der Waals surface area contributed by atoms with Crippen LogP contribution in [0.2, 0.25) is 5.02 Å². The number of carbonyl (C=O) groups excluding carboxylic acids is 2. The van der Waals surface area contributed by atoms with Gasteiger partial charge in [-0.05, 0) is 36.8 Å². The Balaban J connectivity index is 1.59. The van der Waals surface area contributed by atoms with Crippen molar-refractivity contribution in [1.29, 1.82) is 0 Å². The van der Waals surface area contributed by atoms with Gasteiger partial charge in [0.25, 0.3) is 0 Å². The number of sulfonamides is 1. The zero-order chi connectivity index (χ0) is 22.4. The Morgan fingerprint density at radius 2 is 1.77 bits per heavy atom. The lowest BCUT2D eigenvalue weighted by Gasteiger charge is -2.34. The van der Waals surface area contributed by atoms with Crippen LogP contribution in [0.3, 0.4) is 0 Å². The molecule has 1 fully saturated rings.